The molecule has 0 saturated carbocycles. The van der Waals surface area contributed by atoms with E-state index in [1.54, 1.807) is 45.0 Å². The van der Waals surface area contributed by atoms with Crippen molar-refractivity contribution >= 4 is 11.6 Å². The molecule has 2 aromatic rings. The first-order valence-electron chi connectivity index (χ1n) is 6.82. The van der Waals surface area contributed by atoms with E-state index in [0.717, 1.165) is 0 Å². The summed E-state index contributed by atoms with van der Waals surface area (Å²) in [6.45, 7) is 5.40. The largest absolute Gasteiger partial charge is 0.325 e. The summed E-state index contributed by atoms with van der Waals surface area (Å²) >= 11 is 0. The van der Waals surface area contributed by atoms with E-state index in [2.05, 4.69) is 10.3 Å². The summed E-state index contributed by atoms with van der Waals surface area (Å²) in [5, 5.41) is 2.79. The van der Waals surface area contributed by atoms with E-state index in [0.29, 0.717) is 11.3 Å². The van der Waals surface area contributed by atoms with Gasteiger partial charge in [-0.1, -0.05) is 39.0 Å². The lowest BCUT2D eigenvalue weighted by molar-refractivity contribution is -0.123. The van der Waals surface area contributed by atoms with E-state index < -0.39 is 11.2 Å². The summed E-state index contributed by atoms with van der Waals surface area (Å²) in [6.07, 6.45) is 1.38. The summed E-state index contributed by atoms with van der Waals surface area (Å²) in [5.74, 6) is -0.868. The molecule has 0 aliphatic carbocycles. The number of para-hydroxylation sites is 1. The van der Waals surface area contributed by atoms with Gasteiger partial charge in [0, 0.05) is 17.2 Å². The van der Waals surface area contributed by atoms with E-state index in [1.165, 1.54) is 12.3 Å². The van der Waals surface area contributed by atoms with Gasteiger partial charge in [-0.3, -0.25) is 9.78 Å². The summed E-state index contributed by atoms with van der Waals surface area (Å²) < 4.78 is 21.6. The molecule has 20 heavy (non-hydrogen) atoms. The Balaban J connectivity index is 2.47. The fourth-order valence-corrected chi connectivity index (χ4v) is 1.64. The third kappa shape index (κ3) is 3.02. The predicted molar refractivity (Wildman–Crippen MR) is 77.7 cm³/mol. The number of hydrogen-bond acceptors (Lipinski definition) is 2. The number of halogens is 1. The minimum Gasteiger partial charge on any atom is -0.325 e. The first-order valence-corrected chi connectivity index (χ1v) is 6.32. The molecule has 0 spiro atoms. The number of anilines is 1. The molecule has 0 aliphatic rings. The molecule has 1 N–H and O–H groups in total. The van der Waals surface area contributed by atoms with Crippen molar-refractivity contribution in [3.8, 4) is 11.3 Å². The second kappa shape index (κ2) is 5.41. The fraction of sp³-hybridized carbons (Fsp3) is 0.250. The Morgan fingerprint density at radius 3 is 2.70 bits per heavy atom. The highest BCUT2D eigenvalue weighted by Gasteiger charge is 2.22. The zero-order valence-electron chi connectivity index (χ0n) is 12.7. The molecule has 1 aromatic heterocycles. The predicted octanol–water partition coefficient (Wildman–Crippen LogP) is 3.87. The van der Waals surface area contributed by atoms with Crippen LogP contribution < -0.4 is 5.32 Å². The van der Waals surface area contributed by atoms with Crippen LogP contribution in [0.25, 0.3) is 11.3 Å². The van der Waals surface area contributed by atoms with Gasteiger partial charge in [0.2, 0.25) is 5.91 Å². The maximum Gasteiger partial charge on any atom is 0.229 e. The second-order valence-corrected chi connectivity index (χ2v) is 5.50. The summed E-state index contributed by atoms with van der Waals surface area (Å²) in [7, 11) is 0. The Kier molecular flexibility index (Phi) is 3.46. The lowest BCUT2D eigenvalue weighted by Crippen LogP contribution is -2.27. The van der Waals surface area contributed by atoms with E-state index >= 15 is 0 Å². The highest BCUT2D eigenvalue weighted by Crippen LogP contribution is 2.29. The Morgan fingerprint density at radius 1 is 1.30 bits per heavy atom. The standard InChI is InChI=1S/C16H17FN2O/c1-16(2,3)15(20)19-13-9-5-4-7-11(13)14-12(17)8-6-10-18-14/h4-10H,1-3H3,(H,19,20)/i8D. The van der Waals surface area contributed by atoms with Crippen molar-refractivity contribution in [1.29, 1.82) is 0 Å². The van der Waals surface area contributed by atoms with Crippen LogP contribution in [0, 0.1) is 11.2 Å². The summed E-state index contributed by atoms with van der Waals surface area (Å²) in [6, 6.07) is 7.91. The summed E-state index contributed by atoms with van der Waals surface area (Å²) in [4.78, 5) is 16.1. The molecule has 0 radical (unpaired) electrons. The SMILES string of the molecule is [2H]c1ccnc(-c2ccccc2NC(=O)C(C)(C)C)c1F. The zero-order valence-corrected chi connectivity index (χ0v) is 11.7. The number of carbonyl (C=O) groups is 1. The number of nitrogens with zero attached hydrogens (tertiary/aromatic N) is 1. The average molecular weight is 273 g/mol. The number of amides is 1. The minimum atomic E-state index is -0.699. The van der Waals surface area contributed by atoms with Gasteiger partial charge in [-0.2, -0.15) is 0 Å². The van der Waals surface area contributed by atoms with E-state index in [4.69, 9.17) is 1.37 Å². The first kappa shape index (κ1) is 12.8. The van der Waals surface area contributed by atoms with Crippen LogP contribution in [0.15, 0.2) is 42.6 Å². The quantitative estimate of drug-likeness (QED) is 0.902. The van der Waals surface area contributed by atoms with Crippen molar-refractivity contribution in [1.82, 2.24) is 4.98 Å². The molecule has 0 atom stereocenters. The first-order chi connectivity index (χ1) is 9.80. The second-order valence-electron chi connectivity index (χ2n) is 5.50. The topological polar surface area (TPSA) is 42.0 Å². The maximum absolute atomic E-state index is 14.1. The van der Waals surface area contributed by atoms with Gasteiger partial charge in [-0.15, -0.1) is 0 Å². The van der Waals surface area contributed by atoms with Crippen molar-refractivity contribution in [2.45, 2.75) is 20.8 Å². The Bertz CT molecular complexity index is 680. The Morgan fingerprint density at radius 2 is 2.00 bits per heavy atom. The number of rotatable bonds is 2. The molecule has 2 rings (SSSR count). The molecule has 104 valence electrons. The molecular formula is C16H17FN2O. The number of aromatic nitrogens is 1. The third-order valence-electron chi connectivity index (χ3n) is 2.81. The molecule has 1 heterocycles. The van der Waals surface area contributed by atoms with Crippen LogP contribution in [0.2, 0.25) is 0 Å². The highest BCUT2D eigenvalue weighted by molar-refractivity contribution is 5.97. The van der Waals surface area contributed by atoms with Crippen molar-refractivity contribution in [2.24, 2.45) is 5.41 Å². The number of nitrogens with one attached hydrogen (secondary N) is 1. The Hall–Kier alpha value is -2.23. The van der Waals surface area contributed by atoms with Gasteiger partial charge in [0.1, 0.15) is 11.5 Å². The summed E-state index contributed by atoms with van der Waals surface area (Å²) in [5.41, 5.74) is 0.444. The monoisotopic (exact) mass is 273 g/mol. The van der Waals surface area contributed by atoms with Crippen molar-refractivity contribution in [3.05, 3.63) is 48.4 Å². The van der Waals surface area contributed by atoms with Crippen LogP contribution in [-0.2, 0) is 4.79 Å². The fourth-order valence-electron chi connectivity index (χ4n) is 1.64. The molecule has 3 nitrogen and oxygen atoms in total. The van der Waals surface area contributed by atoms with Gasteiger partial charge < -0.3 is 5.32 Å². The number of carbonyl (C=O) groups excluding carboxylic acids is 1. The van der Waals surface area contributed by atoms with Crippen LogP contribution in [0.5, 0.6) is 0 Å². The molecule has 0 saturated heterocycles. The lowest BCUT2D eigenvalue weighted by atomic mass is 9.95. The third-order valence-corrected chi connectivity index (χ3v) is 2.81. The van der Waals surface area contributed by atoms with Crippen molar-refractivity contribution < 1.29 is 10.6 Å². The molecule has 0 bridgehead atoms. The van der Waals surface area contributed by atoms with Gasteiger partial charge in [0.15, 0.2) is 0 Å². The van der Waals surface area contributed by atoms with Crippen LogP contribution in [0.1, 0.15) is 22.1 Å². The molecule has 0 aliphatic heterocycles. The van der Waals surface area contributed by atoms with Crippen molar-refractivity contribution in [3.63, 3.8) is 0 Å². The zero-order chi connectivity index (χ0) is 15.6. The van der Waals surface area contributed by atoms with Crippen LogP contribution in [-0.4, -0.2) is 10.9 Å². The van der Waals surface area contributed by atoms with E-state index in [1.807, 2.05) is 0 Å². The van der Waals surface area contributed by atoms with Gasteiger partial charge in [-0.05, 0) is 18.2 Å². The highest BCUT2D eigenvalue weighted by atomic mass is 19.1. The molecule has 0 unspecified atom stereocenters. The molecule has 1 aromatic carbocycles. The minimum absolute atomic E-state index is 0.0623. The molecular weight excluding hydrogens is 255 g/mol. The number of pyridine rings is 1. The van der Waals surface area contributed by atoms with Gasteiger partial charge in [0.05, 0.1) is 7.06 Å². The van der Waals surface area contributed by atoms with Crippen LogP contribution in [0.3, 0.4) is 0 Å². The van der Waals surface area contributed by atoms with E-state index in [9.17, 15) is 9.18 Å². The van der Waals surface area contributed by atoms with Gasteiger partial charge in [0.25, 0.3) is 0 Å². The smallest absolute Gasteiger partial charge is 0.229 e. The lowest BCUT2D eigenvalue weighted by Gasteiger charge is -2.19. The van der Waals surface area contributed by atoms with E-state index in [-0.39, 0.29) is 17.6 Å². The van der Waals surface area contributed by atoms with Gasteiger partial charge >= 0.3 is 0 Å². The Labute approximate surface area is 119 Å². The number of hydrogen-bond donors (Lipinski definition) is 1. The normalized spacial score (nSPS) is 11.9. The van der Waals surface area contributed by atoms with Crippen molar-refractivity contribution in [2.75, 3.05) is 5.32 Å². The maximum atomic E-state index is 14.1. The number of benzene rings is 1. The molecule has 0 fully saturated rings. The van der Waals surface area contributed by atoms with Gasteiger partial charge in [-0.25, -0.2) is 4.39 Å². The average Bonchev–Trinajstić information content (AvgIpc) is 2.42. The van der Waals surface area contributed by atoms with Crippen LogP contribution >= 0.6 is 0 Å². The molecule has 4 heteroatoms. The van der Waals surface area contributed by atoms with Crippen LogP contribution in [0.4, 0.5) is 10.1 Å². The molecule has 1 amide bonds.